The Bertz CT molecular complexity index is 2510. The summed E-state index contributed by atoms with van der Waals surface area (Å²) in [5.41, 5.74) is 3.92. The molecule has 1 aliphatic heterocycles. The van der Waals surface area contributed by atoms with Gasteiger partial charge in [0.1, 0.15) is 24.0 Å². The van der Waals surface area contributed by atoms with E-state index in [0.29, 0.717) is 32.2 Å². The Kier molecular flexibility index (Phi) is 20.8. The van der Waals surface area contributed by atoms with Gasteiger partial charge in [0.2, 0.25) is 11.8 Å². The highest BCUT2D eigenvalue weighted by molar-refractivity contribution is 7.09. The highest BCUT2D eigenvalue weighted by Crippen LogP contribution is 2.45. The molecule has 2 heterocycles. The smallest absolute Gasteiger partial charge is 0.410 e. The first kappa shape index (κ1) is 59.6. The van der Waals surface area contributed by atoms with Gasteiger partial charge in [-0.15, -0.1) is 11.3 Å². The molecule has 1 saturated heterocycles. The summed E-state index contributed by atoms with van der Waals surface area (Å²) in [5.74, 6) is -1.28. The van der Waals surface area contributed by atoms with Crippen molar-refractivity contribution >= 4 is 41.1 Å². The molecule has 1 aliphatic carbocycles. The van der Waals surface area contributed by atoms with Crippen molar-refractivity contribution in [1.29, 1.82) is 0 Å². The molecule has 0 bridgehead atoms. The zero-order valence-corrected chi connectivity index (χ0v) is 48.0. The lowest BCUT2D eigenvalue weighted by Gasteiger charge is -2.43. The maximum atomic E-state index is 15.1. The average molecular weight is 1070 g/mol. The van der Waals surface area contributed by atoms with E-state index in [1.54, 1.807) is 76.4 Å². The molecular formula is C60H84N6O9S. The van der Waals surface area contributed by atoms with Gasteiger partial charge in [-0.1, -0.05) is 106 Å². The number of benzene rings is 3. The molecule has 4 aromatic rings. The fourth-order valence-corrected chi connectivity index (χ4v) is 11.8. The molecule has 2 N–H and O–H groups in total. The number of carbonyl (C=O) groups is 5. The largest absolute Gasteiger partial charge is 0.448 e. The van der Waals surface area contributed by atoms with Crippen molar-refractivity contribution in [3.63, 3.8) is 0 Å². The van der Waals surface area contributed by atoms with E-state index in [1.807, 2.05) is 94.3 Å². The maximum absolute atomic E-state index is 15.1. The minimum Gasteiger partial charge on any atom is -0.448 e. The van der Waals surface area contributed by atoms with Gasteiger partial charge >= 0.3 is 12.2 Å². The lowest BCUT2D eigenvalue weighted by molar-refractivity contribution is -0.146. The van der Waals surface area contributed by atoms with E-state index in [0.717, 1.165) is 39.2 Å². The van der Waals surface area contributed by atoms with Crippen molar-refractivity contribution in [2.75, 3.05) is 48.0 Å². The van der Waals surface area contributed by atoms with Crippen LogP contribution in [0.1, 0.15) is 128 Å². The average Bonchev–Trinajstić information content (AvgIpc) is 4.19. The van der Waals surface area contributed by atoms with Gasteiger partial charge in [0, 0.05) is 83.2 Å². The second-order valence-electron chi connectivity index (χ2n) is 22.4. The number of alkyl carbamates (subject to hydrolysis) is 1. The van der Waals surface area contributed by atoms with Crippen molar-refractivity contribution < 1.29 is 42.9 Å². The van der Waals surface area contributed by atoms with Crippen LogP contribution >= 0.6 is 11.3 Å². The van der Waals surface area contributed by atoms with E-state index < -0.39 is 59.6 Å². The molecule has 0 spiro atoms. The van der Waals surface area contributed by atoms with Crippen LogP contribution in [-0.2, 0) is 39.8 Å². The van der Waals surface area contributed by atoms with E-state index in [1.165, 1.54) is 0 Å². The van der Waals surface area contributed by atoms with Crippen LogP contribution in [-0.4, -0.2) is 145 Å². The molecule has 15 nitrogen and oxygen atoms in total. The minimum atomic E-state index is -1.00. The van der Waals surface area contributed by atoms with Crippen LogP contribution in [0.15, 0.2) is 90.4 Å². The van der Waals surface area contributed by atoms with Crippen molar-refractivity contribution in [1.82, 2.24) is 30.3 Å². The number of hydrogen-bond donors (Lipinski definition) is 2. The Morgan fingerprint density at radius 2 is 1.49 bits per heavy atom. The Hall–Kier alpha value is -5.68. The maximum Gasteiger partial charge on any atom is 0.410 e. The highest BCUT2D eigenvalue weighted by atomic mass is 32.1. The van der Waals surface area contributed by atoms with Crippen molar-refractivity contribution in [2.45, 2.75) is 160 Å². The molecule has 1 fully saturated rings. The lowest BCUT2D eigenvalue weighted by Crippen LogP contribution is -2.64. The number of thiazole rings is 1. The van der Waals surface area contributed by atoms with Gasteiger partial charge < -0.3 is 39.0 Å². The SMILES string of the molecule is CC[C@H](C)[C@@H]([C@@H](CC(=O)N1CCC[C@H]1[C@H](OC)[C@@H](C)C(=O)C[C@@H](Cc1ccccc1)c1nccs1)OC)N(C)C(=O)[C@H](CNC(=O)OC(C)(C)C)NC(C)C(C)(C)N(C)C(=O)OCC1c2ccccc2-c2ccccc21. The summed E-state index contributed by atoms with van der Waals surface area (Å²) >= 11 is 1.55. The molecule has 414 valence electrons. The van der Waals surface area contributed by atoms with E-state index in [2.05, 4.69) is 52.0 Å². The zero-order valence-electron chi connectivity index (χ0n) is 47.2. The van der Waals surface area contributed by atoms with Crippen LogP contribution in [0.25, 0.3) is 11.1 Å². The molecule has 9 atom stereocenters. The van der Waals surface area contributed by atoms with E-state index in [4.69, 9.17) is 18.9 Å². The zero-order chi connectivity index (χ0) is 55.5. The second-order valence-corrected chi connectivity index (χ2v) is 23.3. The number of ether oxygens (including phenoxy) is 4. The molecular weight excluding hydrogens is 981 g/mol. The van der Waals surface area contributed by atoms with Gasteiger partial charge in [0.15, 0.2) is 0 Å². The van der Waals surface area contributed by atoms with Gasteiger partial charge in [0.25, 0.3) is 0 Å². The van der Waals surface area contributed by atoms with E-state index in [9.17, 15) is 19.2 Å². The number of likely N-dealkylation sites (N-methyl/N-ethyl adjacent to an activating group) is 2. The molecule has 2 aliphatic rings. The highest BCUT2D eigenvalue weighted by Gasteiger charge is 2.44. The molecule has 3 aromatic carbocycles. The minimum absolute atomic E-state index is 0.0236. The van der Waals surface area contributed by atoms with E-state index in [-0.39, 0.29) is 61.0 Å². The first-order valence-electron chi connectivity index (χ1n) is 27.0. The molecule has 4 amide bonds. The predicted molar refractivity (Wildman–Crippen MR) is 298 cm³/mol. The molecule has 0 saturated carbocycles. The number of aromatic nitrogens is 1. The third kappa shape index (κ3) is 14.5. The summed E-state index contributed by atoms with van der Waals surface area (Å²) < 4.78 is 24.0. The summed E-state index contributed by atoms with van der Waals surface area (Å²) in [6.07, 6.45) is 2.36. The number of nitrogens with one attached hydrogen (secondary N) is 2. The molecule has 1 unspecified atom stereocenters. The van der Waals surface area contributed by atoms with Gasteiger partial charge in [-0.3, -0.25) is 19.7 Å². The standard InChI is InChI=1S/C60H84N6O9S/c1-14-38(2)53(51(72-12)35-52(68)66-31-22-29-49(66)54(73-13)39(3)50(67)34-42(55-61-30-32-76-55)33-41-23-16-15-17-24-41)64(10)56(69)48(36-62-57(70)75-59(5,6)7)63-40(4)60(8,9)65(11)58(71)74-37-47-45-27-20-18-25-43(45)44-26-19-21-28-46(44)47/h15-21,23-28,30,32,38-40,42,47-49,51,53-54,63H,14,22,29,31,33-37H2,1-13H3,(H,62,70)/t38-,39-,40?,42+,48-,49-,51+,53-,54+/m0/s1. The van der Waals surface area contributed by atoms with Crippen molar-refractivity contribution in [2.24, 2.45) is 11.8 Å². The van der Waals surface area contributed by atoms with Gasteiger partial charge in [-0.25, -0.2) is 14.6 Å². The third-order valence-corrected chi connectivity index (χ3v) is 17.0. The van der Waals surface area contributed by atoms with Crippen LogP contribution in [0.3, 0.4) is 0 Å². The molecule has 1 aromatic heterocycles. The number of ketones is 1. The Morgan fingerprint density at radius 1 is 0.855 bits per heavy atom. The molecule has 0 radical (unpaired) electrons. The summed E-state index contributed by atoms with van der Waals surface area (Å²) in [6, 6.07) is 24.0. The molecule has 16 heteroatoms. The summed E-state index contributed by atoms with van der Waals surface area (Å²) in [6.45, 7) is 17.5. The first-order valence-corrected chi connectivity index (χ1v) is 27.9. The summed E-state index contributed by atoms with van der Waals surface area (Å²) in [4.78, 5) is 80.8. The monoisotopic (exact) mass is 1060 g/mol. The fourth-order valence-electron chi connectivity index (χ4n) is 11.0. The van der Waals surface area contributed by atoms with Crippen molar-refractivity contribution in [3.05, 3.63) is 112 Å². The number of methoxy groups -OCH3 is 2. The summed E-state index contributed by atoms with van der Waals surface area (Å²) in [7, 11) is 6.56. The first-order chi connectivity index (χ1) is 36.1. The number of fused-ring (bicyclic) bond motifs is 3. The van der Waals surface area contributed by atoms with Crippen LogP contribution in [0.4, 0.5) is 9.59 Å². The second kappa shape index (κ2) is 26.6. The number of amides is 4. The normalized spacial score (nSPS) is 17.8. The summed E-state index contributed by atoms with van der Waals surface area (Å²) in [5, 5.41) is 9.13. The lowest BCUT2D eigenvalue weighted by atomic mass is 9.85. The predicted octanol–water partition coefficient (Wildman–Crippen LogP) is 9.88. The molecule has 76 heavy (non-hydrogen) atoms. The quantitative estimate of drug-likeness (QED) is 0.0648. The topological polar surface area (TPSA) is 169 Å². The third-order valence-electron chi connectivity index (χ3n) is 16.1. The number of carbonyl (C=O) groups excluding carboxylic acids is 5. The van der Waals surface area contributed by atoms with Gasteiger partial charge in [0.05, 0.1) is 41.3 Å². The van der Waals surface area contributed by atoms with Crippen LogP contribution in [0.5, 0.6) is 0 Å². The van der Waals surface area contributed by atoms with Crippen LogP contribution in [0.2, 0.25) is 0 Å². The molecule has 6 rings (SSSR count). The Balaban J connectivity index is 1.16. The Morgan fingerprint density at radius 3 is 2.07 bits per heavy atom. The van der Waals surface area contributed by atoms with Crippen molar-refractivity contribution in [3.8, 4) is 11.1 Å². The van der Waals surface area contributed by atoms with Crippen LogP contribution < -0.4 is 10.6 Å². The van der Waals surface area contributed by atoms with Crippen LogP contribution in [0, 0.1) is 11.8 Å². The number of Topliss-reactive ketones (excluding diaryl/α,β-unsaturated/α-hetero) is 1. The Labute approximate surface area is 455 Å². The number of rotatable bonds is 25. The van der Waals surface area contributed by atoms with E-state index >= 15 is 4.79 Å². The number of hydrogen-bond acceptors (Lipinski definition) is 12. The van der Waals surface area contributed by atoms with Gasteiger partial charge in [-0.2, -0.15) is 0 Å². The fraction of sp³-hybridized carbons (Fsp3) is 0.567. The number of likely N-dealkylation sites (tertiary alicyclic amines) is 1. The number of nitrogens with zero attached hydrogens (tertiary/aromatic N) is 4. The van der Waals surface area contributed by atoms with Gasteiger partial charge in [-0.05, 0) is 94.5 Å².